The molecular weight excluding hydrogens is 234 g/mol. The number of hydrogen-bond acceptors (Lipinski definition) is 5. The Bertz CT molecular complexity index is 390. The average Bonchev–Trinajstić information content (AvgIpc) is 2.35. The molecule has 0 spiro atoms. The standard InChI is InChI=1S/C12H19N3O3/c1-12(2,4-5-18-3)8-15-10-7-13-9(6-14-10)11(16)17/h6-7H,4-5,8H2,1-3H3,(H,14,15)(H,16,17). The van der Waals surface area contributed by atoms with E-state index in [-0.39, 0.29) is 11.1 Å². The monoisotopic (exact) mass is 253 g/mol. The highest BCUT2D eigenvalue weighted by Crippen LogP contribution is 2.20. The van der Waals surface area contributed by atoms with Crippen LogP contribution in [0.2, 0.25) is 0 Å². The number of rotatable bonds is 7. The second-order valence-electron chi connectivity index (χ2n) is 4.85. The third-order valence-electron chi connectivity index (χ3n) is 2.60. The Morgan fingerprint density at radius 2 is 2.17 bits per heavy atom. The first-order valence-electron chi connectivity index (χ1n) is 5.73. The van der Waals surface area contributed by atoms with Gasteiger partial charge in [-0.05, 0) is 11.8 Å². The smallest absolute Gasteiger partial charge is 0.356 e. The highest BCUT2D eigenvalue weighted by Gasteiger charge is 2.17. The van der Waals surface area contributed by atoms with Crippen molar-refractivity contribution in [2.75, 3.05) is 25.6 Å². The van der Waals surface area contributed by atoms with Crippen LogP contribution in [0.1, 0.15) is 30.8 Å². The molecule has 0 aliphatic carbocycles. The number of anilines is 1. The minimum absolute atomic E-state index is 0.0563. The topological polar surface area (TPSA) is 84.3 Å². The van der Waals surface area contributed by atoms with Crippen LogP contribution in [-0.4, -0.2) is 41.3 Å². The minimum Gasteiger partial charge on any atom is -0.476 e. The lowest BCUT2D eigenvalue weighted by molar-refractivity contribution is 0.0690. The van der Waals surface area contributed by atoms with Gasteiger partial charge in [0.05, 0.1) is 12.4 Å². The van der Waals surface area contributed by atoms with E-state index in [1.807, 2.05) is 0 Å². The van der Waals surface area contributed by atoms with Crippen molar-refractivity contribution in [3.63, 3.8) is 0 Å². The van der Waals surface area contributed by atoms with Gasteiger partial charge in [0.2, 0.25) is 0 Å². The minimum atomic E-state index is -1.07. The summed E-state index contributed by atoms with van der Waals surface area (Å²) in [6.45, 7) is 5.67. The number of aromatic nitrogens is 2. The average molecular weight is 253 g/mol. The number of methoxy groups -OCH3 is 1. The molecule has 0 saturated heterocycles. The summed E-state index contributed by atoms with van der Waals surface area (Å²) in [5, 5.41) is 11.8. The van der Waals surface area contributed by atoms with Crippen LogP contribution in [0.5, 0.6) is 0 Å². The molecule has 0 saturated carbocycles. The summed E-state index contributed by atoms with van der Waals surface area (Å²) in [7, 11) is 1.68. The van der Waals surface area contributed by atoms with E-state index in [1.165, 1.54) is 12.4 Å². The molecule has 1 aromatic rings. The quantitative estimate of drug-likeness (QED) is 0.768. The molecule has 0 unspecified atom stereocenters. The summed E-state index contributed by atoms with van der Waals surface area (Å²) in [5.41, 5.74) is 0.0163. The second-order valence-corrected chi connectivity index (χ2v) is 4.85. The Morgan fingerprint density at radius 3 is 2.67 bits per heavy atom. The van der Waals surface area contributed by atoms with Crippen molar-refractivity contribution in [3.8, 4) is 0 Å². The predicted octanol–water partition coefficient (Wildman–Crippen LogP) is 1.65. The number of nitrogens with one attached hydrogen (secondary N) is 1. The van der Waals surface area contributed by atoms with Crippen LogP contribution in [-0.2, 0) is 4.74 Å². The molecule has 0 radical (unpaired) electrons. The zero-order valence-corrected chi connectivity index (χ0v) is 10.9. The van der Waals surface area contributed by atoms with Crippen LogP contribution >= 0.6 is 0 Å². The molecule has 0 bridgehead atoms. The molecule has 6 nitrogen and oxygen atoms in total. The largest absolute Gasteiger partial charge is 0.476 e. The molecule has 0 aromatic carbocycles. The van der Waals surface area contributed by atoms with Crippen LogP contribution in [0.15, 0.2) is 12.4 Å². The Hall–Kier alpha value is -1.69. The fourth-order valence-electron chi connectivity index (χ4n) is 1.33. The van der Waals surface area contributed by atoms with E-state index in [2.05, 4.69) is 29.1 Å². The zero-order valence-electron chi connectivity index (χ0n) is 10.9. The first-order valence-corrected chi connectivity index (χ1v) is 5.73. The van der Waals surface area contributed by atoms with Crippen molar-refractivity contribution in [3.05, 3.63) is 18.1 Å². The number of hydrogen-bond donors (Lipinski definition) is 2. The van der Waals surface area contributed by atoms with E-state index in [0.29, 0.717) is 12.4 Å². The van der Waals surface area contributed by atoms with Crippen LogP contribution in [0, 0.1) is 5.41 Å². The van der Waals surface area contributed by atoms with Gasteiger partial charge in [-0.15, -0.1) is 0 Å². The fraction of sp³-hybridized carbons (Fsp3) is 0.583. The van der Waals surface area contributed by atoms with Gasteiger partial charge in [0.25, 0.3) is 0 Å². The van der Waals surface area contributed by atoms with Crippen molar-refractivity contribution in [2.24, 2.45) is 5.41 Å². The summed E-state index contributed by atoms with van der Waals surface area (Å²) >= 11 is 0. The van der Waals surface area contributed by atoms with Gasteiger partial charge in [-0.1, -0.05) is 13.8 Å². The third kappa shape index (κ3) is 4.67. The van der Waals surface area contributed by atoms with Gasteiger partial charge in [-0.3, -0.25) is 0 Å². The van der Waals surface area contributed by atoms with Gasteiger partial charge in [0.1, 0.15) is 5.82 Å². The lowest BCUT2D eigenvalue weighted by Crippen LogP contribution is -2.25. The Labute approximate surface area is 106 Å². The molecule has 2 N–H and O–H groups in total. The highest BCUT2D eigenvalue weighted by molar-refractivity contribution is 5.84. The van der Waals surface area contributed by atoms with Crippen LogP contribution < -0.4 is 5.32 Å². The van der Waals surface area contributed by atoms with Crippen LogP contribution in [0.25, 0.3) is 0 Å². The first kappa shape index (κ1) is 14.4. The predicted molar refractivity (Wildman–Crippen MR) is 67.8 cm³/mol. The molecule has 1 heterocycles. The molecule has 1 aromatic heterocycles. The lowest BCUT2D eigenvalue weighted by Gasteiger charge is -2.24. The van der Waals surface area contributed by atoms with Crippen molar-refractivity contribution >= 4 is 11.8 Å². The molecule has 6 heteroatoms. The molecule has 0 atom stereocenters. The van der Waals surface area contributed by atoms with Crippen molar-refractivity contribution in [2.45, 2.75) is 20.3 Å². The number of carbonyl (C=O) groups is 1. The summed E-state index contributed by atoms with van der Waals surface area (Å²) in [6, 6.07) is 0. The number of aromatic carboxylic acids is 1. The summed E-state index contributed by atoms with van der Waals surface area (Å²) in [4.78, 5) is 18.4. The molecule has 1 rings (SSSR count). The van der Waals surface area contributed by atoms with Gasteiger partial charge in [0, 0.05) is 20.3 Å². The van der Waals surface area contributed by atoms with Gasteiger partial charge in [-0.2, -0.15) is 0 Å². The molecule has 18 heavy (non-hydrogen) atoms. The SMILES string of the molecule is COCCC(C)(C)CNc1cnc(C(=O)O)cn1. The van der Waals surface area contributed by atoms with Crippen LogP contribution in [0.4, 0.5) is 5.82 Å². The Kier molecular flexibility index (Phi) is 5.03. The molecule has 0 amide bonds. The summed E-state index contributed by atoms with van der Waals surface area (Å²) in [5.74, 6) is -0.500. The number of carboxylic acids is 1. The first-order chi connectivity index (χ1) is 8.44. The maximum Gasteiger partial charge on any atom is 0.356 e. The van der Waals surface area contributed by atoms with Crippen molar-refractivity contribution in [1.29, 1.82) is 0 Å². The molecular formula is C12H19N3O3. The van der Waals surface area contributed by atoms with Crippen molar-refractivity contribution in [1.82, 2.24) is 9.97 Å². The second kappa shape index (κ2) is 6.30. The Morgan fingerprint density at radius 1 is 1.44 bits per heavy atom. The molecule has 0 aliphatic heterocycles. The van der Waals surface area contributed by atoms with Crippen molar-refractivity contribution < 1.29 is 14.6 Å². The third-order valence-corrected chi connectivity index (χ3v) is 2.60. The lowest BCUT2D eigenvalue weighted by atomic mass is 9.90. The fourth-order valence-corrected chi connectivity index (χ4v) is 1.33. The van der Waals surface area contributed by atoms with E-state index in [9.17, 15) is 4.79 Å². The van der Waals surface area contributed by atoms with E-state index < -0.39 is 5.97 Å². The van der Waals surface area contributed by atoms with Crippen LogP contribution in [0.3, 0.4) is 0 Å². The maximum atomic E-state index is 10.6. The molecule has 100 valence electrons. The van der Waals surface area contributed by atoms with Gasteiger partial charge in [0.15, 0.2) is 5.69 Å². The van der Waals surface area contributed by atoms with Gasteiger partial charge < -0.3 is 15.2 Å². The number of ether oxygens (including phenoxy) is 1. The Balaban J connectivity index is 2.50. The van der Waals surface area contributed by atoms with Gasteiger partial charge in [-0.25, -0.2) is 14.8 Å². The highest BCUT2D eigenvalue weighted by atomic mass is 16.5. The van der Waals surface area contributed by atoms with Gasteiger partial charge >= 0.3 is 5.97 Å². The number of carboxylic acid groups (broad SMARTS) is 1. The molecule has 0 aliphatic rings. The van der Waals surface area contributed by atoms with E-state index in [1.54, 1.807) is 7.11 Å². The summed E-state index contributed by atoms with van der Waals surface area (Å²) < 4.78 is 5.05. The summed E-state index contributed by atoms with van der Waals surface area (Å²) in [6.07, 6.45) is 3.60. The normalized spacial score (nSPS) is 11.3. The van der Waals surface area contributed by atoms with E-state index >= 15 is 0 Å². The maximum absolute atomic E-state index is 10.6. The zero-order chi connectivity index (χ0) is 13.6. The molecule has 0 fully saturated rings. The van der Waals surface area contributed by atoms with E-state index in [4.69, 9.17) is 9.84 Å². The number of nitrogens with zero attached hydrogens (tertiary/aromatic N) is 2. The van der Waals surface area contributed by atoms with E-state index in [0.717, 1.165) is 13.0 Å².